The van der Waals surface area contributed by atoms with Crippen molar-refractivity contribution >= 4 is 76.3 Å². The predicted molar refractivity (Wildman–Crippen MR) is 230 cm³/mol. The molecule has 4 aromatic heterocycles. The van der Waals surface area contributed by atoms with Gasteiger partial charge < -0.3 is 13.7 Å². The third-order valence-corrected chi connectivity index (χ3v) is 11.4. The number of aromatic nitrogens is 4. The molecular formula is C51H32N4. The van der Waals surface area contributed by atoms with Gasteiger partial charge in [-0.1, -0.05) is 103 Å². The van der Waals surface area contributed by atoms with Gasteiger partial charge in [-0.05, 0) is 107 Å². The number of benzene rings is 8. The van der Waals surface area contributed by atoms with Crippen molar-refractivity contribution in [3.05, 3.63) is 194 Å². The molecule has 0 unspecified atom stereocenters. The van der Waals surface area contributed by atoms with Crippen LogP contribution in [0.15, 0.2) is 194 Å². The van der Waals surface area contributed by atoms with Crippen LogP contribution in [-0.2, 0) is 0 Å². The van der Waals surface area contributed by atoms with Crippen LogP contribution in [0.5, 0.6) is 0 Å². The quantitative estimate of drug-likeness (QED) is 0.180. The number of fused-ring (bicyclic) bond motifs is 11. The maximum absolute atomic E-state index is 4.92. The van der Waals surface area contributed by atoms with Gasteiger partial charge in [0.05, 0.1) is 38.6 Å². The average Bonchev–Trinajstić information content (AvgIpc) is 3.89. The summed E-state index contributed by atoms with van der Waals surface area (Å²) in [5.41, 5.74) is 13.8. The molecule has 0 aliphatic heterocycles. The molecule has 4 heteroatoms. The van der Waals surface area contributed by atoms with E-state index in [0.717, 1.165) is 44.6 Å². The van der Waals surface area contributed by atoms with Crippen LogP contribution in [0.2, 0.25) is 0 Å². The van der Waals surface area contributed by atoms with Crippen LogP contribution in [0.4, 0.5) is 0 Å². The molecule has 0 fully saturated rings. The summed E-state index contributed by atoms with van der Waals surface area (Å²) in [5, 5.41) is 8.61. The maximum Gasteiger partial charge on any atom is 0.0963 e. The zero-order valence-electron chi connectivity index (χ0n) is 29.8. The van der Waals surface area contributed by atoms with Crippen molar-refractivity contribution < 1.29 is 0 Å². The molecule has 4 nitrogen and oxygen atoms in total. The lowest BCUT2D eigenvalue weighted by molar-refractivity contribution is 1.17. The molecule has 55 heavy (non-hydrogen) atoms. The highest BCUT2D eigenvalue weighted by Crippen LogP contribution is 2.44. The molecule has 12 aromatic rings. The number of nitrogens with zero attached hydrogens (tertiary/aromatic N) is 4. The largest absolute Gasteiger partial charge is 0.309 e. The fourth-order valence-electron chi connectivity index (χ4n) is 9.17. The Balaban J connectivity index is 1.15. The molecule has 0 aliphatic rings. The SMILES string of the molecule is c1ccc(-n2c3ccc(-c4cc(-n5c6ccccc6c6c7c8ccccc8n(-c8ccccc8)c7ccc65)cc5ccccc45)cc3c3ncccc32)cc1. The number of para-hydroxylation sites is 4. The molecule has 0 atom stereocenters. The van der Waals surface area contributed by atoms with Gasteiger partial charge in [-0.2, -0.15) is 0 Å². The zero-order valence-corrected chi connectivity index (χ0v) is 29.8. The molecule has 0 saturated heterocycles. The first-order chi connectivity index (χ1) is 27.3. The van der Waals surface area contributed by atoms with Gasteiger partial charge >= 0.3 is 0 Å². The van der Waals surface area contributed by atoms with Gasteiger partial charge in [0.2, 0.25) is 0 Å². The van der Waals surface area contributed by atoms with Crippen molar-refractivity contribution in [2.75, 3.05) is 0 Å². The smallest absolute Gasteiger partial charge is 0.0963 e. The Labute approximate surface area is 316 Å². The van der Waals surface area contributed by atoms with Gasteiger partial charge in [0.15, 0.2) is 0 Å². The summed E-state index contributed by atoms with van der Waals surface area (Å²) >= 11 is 0. The predicted octanol–water partition coefficient (Wildman–Crippen LogP) is 13.2. The summed E-state index contributed by atoms with van der Waals surface area (Å²) < 4.78 is 7.20. The summed E-state index contributed by atoms with van der Waals surface area (Å²) in [7, 11) is 0. The Morgan fingerprint density at radius 2 is 0.836 bits per heavy atom. The molecule has 12 rings (SSSR count). The van der Waals surface area contributed by atoms with Crippen molar-refractivity contribution in [3.8, 4) is 28.2 Å². The Morgan fingerprint density at radius 3 is 1.51 bits per heavy atom. The van der Waals surface area contributed by atoms with Gasteiger partial charge in [-0.15, -0.1) is 0 Å². The lowest BCUT2D eigenvalue weighted by Crippen LogP contribution is -1.96. The highest BCUT2D eigenvalue weighted by molar-refractivity contribution is 6.29. The van der Waals surface area contributed by atoms with Crippen LogP contribution in [0.25, 0.3) is 105 Å². The fraction of sp³-hybridized carbons (Fsp3) is 0. The molecule has 8 aromatic carbocycles. The van der Waals surface area contributed by atoms with E-state index < -0.39 is 0 Å². The first kappa shape index (κ1) is 30.1. The third kappa shape index (κ3) is 4.31. The molecule has 0 radical (unpaired) electrons. The van der Waals surface area contributed by atoms with E-state index in [2.05, 4.69) is 196 Å². The molecule has 256 valence electrons. The van der Waals surface area contributed by atoms with Crippen molar-refractivity contribution in [2.24, 2.45) is 0 Å². The summed E-state index contributed by atoms with van der Waals surface area (Å²) in [6, 6.07) is 68.2. The van der Waals surface area contributed by atoms with Gasteiger partial charge in [0, 0.05) is 50.2 Å². The molecule has 0 spiro atoms. The lowest BCUT2D eigenvalue weighted by Gasteiger charge is -2.14. The van der Waals surface area contributed by atoms with Crippen LogP contribution in [-0.4, -0.2) is 18.7 Å². The molecular weight excluding hydrogens is 669 g/mol. The van der Waals surface area contributed by atoms with E-state index in [9.17, 15) is 0 Å². The Bertz CT molecular complexity index is 3480. The maximum atomic E-state index is 4.92. The minimum absolute atomic E-state index is 1.00. The van der Waals surface area contributed by atoms with E-state index in [0.29, 0.717) is 0 Å². The van der Waals surface area contributed by atoms with Gasteiger partial charge in [-0.3, -0.25) is 4.98 Å². The monoisotopic (exact) mass is 700 g/mol. The Kier molecular flexibility index (Phi) is 6.31. The number of pyridine rings is 1. The van der Waals surface area contributed by atoms with Gasteiger partial charge in [-0.25, -0.2) is 0 Å². The molecule has 4 heterocycles. The Hall–Kier alpha value is -7.43. The molecule has 0 saturated carbocycles. The van der Waals surface area contributed by atoms with Crippen LogP contribution < -0.4 is 0 Å². The van der Waals surface area contributed by atoms with Gasteiger partial charge in [0.25, 0.3) is 0 Å². The van der Waals surface area contributed by atoms with E-state index in [4.69, 9.17) is 4.98 Å². The van der Waals surface area contributed by atoms with E-state index in [1.54, 1.807) is 0 Å². The van der Waals surface area contributed by atoms with E-state index in [-0.39, 0.29) is 0 Å². The molecule has 0 aliphatic carbocycles. The van der Waals surface area contributed by atoms with E-state index in [1.165, 1.54) is 59.9 Å². The fourth-order valence-corrected chi connectivity index (χ4v) is 9.17. The summed E-state index contributed by atoms with van der Waals surface area (Å²) in [6.07, 6.45) is 1.90. The molecule has 0 N–H and O–H groups in total. The first-order valence-electron chi connectivity index (χ1n) is 18.8. The summed E-state index contributed by atoms with van der Waals surface area (Å²) in [5.74, 6) is 0. The van der Waals surface area contributed by atoms with Crippen molar-refractivity contribution in [1.29, 1.82) is 0 Å². The van der Waals surface area contributed by atoms with Crippen molar-refractivity contribution in [2.45, 2.75) is 0 Å². The second kappa shape index (κ2) is 11.5. The van der Waals surface area contributed by atoms with E-state index in [1.807, 2.05) is 12.3 Å². The summed E-state index contributed by atoms with van der Waals surface area (Å²) in [6.45, 7) is 0. The Morgan fingerprint density at radius 1 is 0.327 bits per heavy atom. The number of hydrogen-bond donors (Lipinski definition) is 0. The normalized spacial score (nSPS) is 12.0. The van der Waals surface area contributed by atoms with Gasteiger partial charge in [0.1, 0.15) is 0 Å². The van der Waals surface area contributed by atoms with Crippen LogP contribution in [0.1, 0.15) is 0 Å². The number of hydrogen-bond acceptors (Lipinski definition) is 1. The minimum Gasteiger partial charge on any atom is -0.309 e. The molecule has 0 amide bonds. The van der Waals surface area contributed by atoms with Crippen LogP contribution in [0, 0.1) is 0 Å². The molecule has 0 bridgehead atoms. The van der Waals surface area contributed by atoms with Crippen molar-refractivity contribution in [3.63, 3.8) is 0 Å². The standard InChI is InChI=1S/C51H32N4/c1-3-15-35(16-4-1)53-43-22-11-9-20-39(43)49-46(53)27-28-47-50(49)40-21-10-12-23-44(40)55(47)37-30-33-14-7-8-19-38(33)41(32-37)34-25-26-45-42(31-34)51-48(24-13-29-52-51)54(45)36-17-5-2-6-18-36/h1-32H. The average molecular weight is 701 g/mol. The summed E-state index contributed by atoms with van der Waals surface area (Å²) in [4.78, 5) is 4.92. The van der Waals surface area contributed by atoms with E-state index >= 15 is 0 Å². The minimum atomic E-state index is 1.00. The topological polar surface area (TPSA) is 27.7 Å². The third-order valence-electron chi connectivity index (χ3n) is 11.4. The lowest BCUT2D eigenvalue weighted by atomic mass is 9.96. The van der Waals surface area contributed by atoms with Crippen LogP contribution in [0.3, 0.4) is 0 Å². The highest BCUT2D eigenvalue weighted by atomic mass is 15.0. The second-order valence-corrected chi connectivity index (χ2v) is 14.4. The van der Waals surface area contributed by atoms with Crippen molar-refractivity contribution in [1.82, 2.24) is 18.7 Å². The first-order valence-corrected chi connectivity index (χ1v) is 18.8. The van der Waals surface area contributed by atoms with Crippen LogP contribution >= 0.6 is 0 Å². The number of rotatable bonds is 4. The highest BCUT2D eigenvalue weighted by Gasteiger charge is 2.21. The second-order valence-electron chi connectivity index (χ2n) is 14.4. The zero-order chi connectivity index (χ0) is 36.0.